The van der Waals surface area contributed by atoms with Crippen molar-refractivity contribution >= 4 is 5.97 Å². The summed E-state index contributed by atoms with van der Waals surface area (Å²) in [5.74, 6) is -0.0784. The van der Waals surface area contributed by atoms with Crippen molar-refractivity contribution in [1.82, 2.24) is 10.2 Å². The third-order valence-electron chi connectivity index (χ3n) is 4.52. The van der Waals surface area contributed by atoms with Crippen molar-refractivity contribution in [2.45, 2.75) is 83.3 Å². The van der Waals surface area contributed by atoms with Gasteiger partial charge in [0.15, 0.2) is 0 Å². The van der Waals surface area contributed by atoms with E-state index in [1.807, 2.05) is 13.8 Å². The lowest BCUT2D eigenvalue weighted by Crippen LogP contribution is -2.51. The van der Waals surface area contributed by atoms with Gasteiger partial charge in [0.25, 0.3) is 0 Å². The zero-order chi connectivity index (χ0) is 15.3. The van der Waals surface area contributed by atoms with Gasteiger partial charge in [-0.2, -0.15) is 0 Å². The molecule has 2 rings (SSSR count). The summed E-state index contributed by atoms with van der Waals surface area (Å²) in [5.41, 5.74) is -0.501. The van der Waals surface area contributed by atoms with Crippen LogP contribution in [0.5, 0.6) is 0 Å². The molecule has 1 atom stereocenters. The SMILES string of the molecule is CCCN(CCCC(C)(NC1CC1)C(=O)OCC)C1CC1. The molecule has 0 spiro atoms. The van der Waals surface area contributed by atoms with Gasteiger partial charge in [-0.05, 0) is 71.9 Å². The van der Waals surface area contributed by atoms with Crippen molar-refractivity contribution in [2.75, 3.05) is 19.7 Å². The number of hydrogen-bond donors (Lipinski definition) is 1. The first-order valence-electron chi connectivity index (χ1n) is 8.78. The topological polar surface area (TPSA) is 41.6 Å². The number of nitrogens with one attached hydrogen (secondary N) is 1. The van der Waals surface area contributed by atoms with Crippen molar-refractivity contribution in [3.63, 3.8) is 0 Å². The van der Waals surface area contributed by atoms with Crippen LogP contribution in [0.15, 0.2) is 0 Å². The van der Waals surface area contributed by atoms with Crippen LogP contribution in [0.2, 0.25) is 0 Å². The average molecular weight is 296 g/mol. The van der Waals surface area contributed by atoms with E-state index in [2.05, 4.69) is 17.1 Å². The molecule has 2 aliphatic rings. The predicted molar refractivity (Wildman–Crippen MR) is 85.3 cm³/mol. The molecule has 0 aromatic rings. The second-order valence-corrected chi connectivity index (χ2v) is 6.84. The molecule has 0 aromatic heterocycles. The van der Waals surface area contributed by atoms with E-state index in [0.29, 0.717) is 12.6 Å². The first-order valence-corrected chi connectivity index (χ1v) is 8.78. The van der Waals surface area contributed by atoms with Gasteiger partial charge in [0.05, 0.1) is 6.61 Å². The summed E-state index contributed by atoms with van der Waals surface area (Å²) in [6.45, 7) is 8.91. The van der Waals surface area contributed by atoms with Crippen LogP contribution in [0.3, 0.4) is 0 Å². The molecule has 4 heteroatoms. The number of hydrogen-bond acceptors (Lipinski definition) is 4. The van der Waals surface area contributed by atoms with Gasteiger partial charge in [0, 0.05) is 12.1 Å². The van der Waals surface area contributed by atoms with Gasteiger partial charge < -0.3 is 9.64 Å². The Kier molecular flexibility index (Phi) is 6.06. The molecule has 0 radical (unpaired) electrons. The molecule has 1 N–H and O–H groups in total. The number of carbonyl (C=O) groups is 1. The first kappa shape index (κ1) is 16.8. The highest BCUT2D eigenvalue weighted by atomic mass is 16.5. The smallest absolute Gasteiger partial charge is 0.326 e. The molecule has 2 fully saturated rings. The molecule has 1 unspecified atom stereocenters. The van der Waals surface area contributed by atoms with Gasteiger partial charge in [0.2, 0.25) is 0 Å². The molecule has 0 amide bonds. The van der Waals surface area contributed by atoms with Crippen LogP contribution in [-0.2, 0) is 9.53 Å². The first-order chi connectivity index (χ1) is 10.1. The van der Waals surface area contributed by atoms with E-state index in [4.69, 9.17) is 4.74 Å². The van der Waals surface area contributed by atoms with Crippen LogP contribution in [0, 0.1) is 0 Å². The van der Waals surface area contributed by atoms with Gasteiger partial charge in [0.1, 0.15) is 5.54 Å². The Balaban J connectivity index is 1.81. The van der Waals surface area contributed by atoms with E-state index in [1.165, 1.54) is 38.6 Å². The minimum Gasteiger partial charge on any atom is -0.465 e. The summed E-state index contributed by atoms with van der Waals surface area (Å²) in [5, 5.41) is 3.51. The van der Waals surface area contributed by atoms with Crippen LogP contribution >= 0.6 is 0 Å². The van der Waals surface area contributed by atoms with Gasteiger partial charge in [-0.1, -0.05) is 6.92 Å². The highest BCUT2D eigenvalue weighted by Crippen LogP contribution is 2.29. The second-order valence-electron chi connectivity index (χ2n) is 6.84. The second kappa shape index (κ2) is 7.59. The Labute approximate surface area is 129 Å². The van der Waals surface area contributed by atoms with Crippen molar-refractivity contribution < 1.29 is 9.53 Å². The molecule has 2 saturated carbocycles. The molecule has 21 heavy (non-hydrogen) atoms. The predicted octanol–water partition coefficient (Wildman–Crippen LogP) is 2.71. The van der Waals surface area contributed by atoms with E-state index in [0.717, 1.165) is 25.4 Å². The molecular weight excluding hydrogens is 264 g/mol. The summed E-state index contributed by atoms with van der Waals surface area (Å²) < 4.78 is 5.29. The third kappa shape index (κ3) is 5.26. The van der Waals surface area contributed by atoms with Crippen molar-refractivity contribution in [3.8, 4) is 0 Å². The zero-order valence-electron chi connectivity index (χ0n) is 14.0. The lowest BCUT2D eigenvalue weighted by molar-refractivity contribution is -0.151. The van der Waals surface area contributed by atoms with E-state index in [-0.39, 0.29) is 5.97 Å². The molecule has 0 aromatic carbocycles. The van der Waals surface area contributed by atoms with E-state index in [1.54, 1.807) is 0 Å². The van der Waals surface area contributed by atoms with E-state index < -0.39 is 5.54 Å². The zero-order valence-corrected chi connectivity index (χ0v) is 14.0. The monoisotopic (exact) mass is 296 g/mol. The molecule has 4 nitrogen and oxygen atoms in total. The summed E-state index contributed by atoms with van der Waals surface area (Å²) in [7, 11) is 0. The fraction of sp³-hybridized carbons (Fsp3) is 0.941. The minimum atomic E-state index is -0.501. The van der Waals surface area contributed by atoms with Crippen molar-refractivity contribution in [2.24, 2.45) is 0 Å². The molecule has 0 saturated heterocycles. The lowest BCUT2D eigenvalue weighted by atomic mass is 9.95. The summed E-state index contributed by atoms with van der Waals surface area (Å²) in [4.78, 5) is 14.9. The lowest BCUT2D eigenvalue weighted by Gasteiger charge is -2.30. The fourth-order valence-corrected chi connectivity index (χ4v) is 3.04. The average Bonchev–Trinajstić information content (AvgIpc) is 3.32. The number of nitrogens with zero attached hydrogens (tertiary/aromatic N) is 1. The summed E-state index contributed by atoms with van der Waals surface area (Å²) >= 11 is 0. The van der Waals surface area contributed by atoms with Crippen molar-refractivity contribution in [3.05, 3.63) is 0 Å². The van der Waals surface area contributed by atoms with Gasteiger partial charge in [-0.25, -0.2) is 0 Å². The van der Waals surface area contributed by atoms with E-state index in [9.17, 15) is 4.79 Å². The highest BCUT2D eigenvalue weighted by molar-refractivity contribution is 5.80. The Morgan fingerprint density at radius 2 is 1.95 bits per heavy atom. The Morgan fingerprint density at radius 3 is 2.48 bits per heavy atom. The number of carbonyl (C=O) groups excluding carboxylic acids is 1. The molecule has 0 bridgehead atoms. The maximum absolute atomic E-state index is 12.3. The van der Waals surface area contributed by atoms with Crippen LogP contribution < -0.4 is 5.32 Å². The summed E-state index contributed by atoms with van der Waals surface area (Å²) in [6.07, 6.45) is 8.25. The van der Waals surface area contributed by atoms with Crippen LogP contribution in [0.1, 0.15) is 65.7 Å². The number of rotatable bonds is 11. The highest BCUT2D eigenvalue weighted by Gasteiger charge is 2.39. The molecule has 0 heterocycles. The Bertz CT molecular complexity index is 340. The van der Waals surface area contributed by atoms with Gasteiger partial charge in [-0.15, -0.1) is 0 Å². The maximum atomic E-state index is 12.3. The Morgan fingerprint density at radius 1 is 1.24 bits per heavy atom. The number of ether oxygens (including phenoxy) is 1. The van der Waals surface area contributed by atoms with Crippen molar-refractivity contribution in [1.29, 1.82) is 0 Å². The van der Waals surface area contributed by atoms with Crippen LogP contribution in [0.25, 0.3) is 0 Å². The van der Waals surface area contributed by atoms with Gasteiger partial charge in [-0.3, -0.25) is 10.1 Å². The normalized spacial score (nSPS) is 21.3. The number of esters is 1. The molecule has 0 aliphatic heterocycles. The Hall–Kier alpha value is -0.610. The third-order valence-corrected chi connectivity index (χ3v) is 4.52. The largest absolute Gasteiger partial charge is 0.465 e. The molecule has 2 aliphatic carbocycles. The minimum absolute atomic E-state index is 0.0784. The van der Waals surface area contributed by atoms with Gasteiger partial charge >= 0.3 is 5.97 Å². The van der Waals surface area contributed by atoms with E-state index >= 15 is 0 Å². The van der Waals surface area contributed by atoms with Crippen LogP contribution in [-0.4, -0.2) is 48.2 Å². The quantitative estimate of drug-likeness (QED) is 0.595. The molecule has 122 valence electrons. The summed E-state index contributed by atoms with van der Waals surface area (Å²) in [6, 6.07) is 1.34. The molecular formula is C17H32N2O2. The van der Waals surface area contributed by atoms with Crippen LogP contribution in [0.4, 0.5) is 0 Å². The maximum Gasteiger partial charge on any atom is 0.326 e. The standard InChI is InChI=1S/C17H32N2O2/c1-4-12-19(15-9-10-15)13-6-11-17(3,16(20)21-5-2)18-14-7-8-14/h14-15,18H,4-13H2,1-3H3. The fourth-order valence-electron chi connectivity index (χ4n) is 3.04.